The third-order valence-corrected chi connectivity index (χ3v) is 7.18. The molecule has 2 N–H and O–H groups in total. The first-order chi connectivity index (χ1) is 15.5. The van der Waals surface area contributed by atoms with Crippen molar-refractivity contribution < 1.29 is 10.2 Å². The summed E-state index contributed by atoms with van der Waals surface area (Å²) in [5.74, 6) is 0.819. The van der Waals surface area contributed by atoms with E-state index in [1.807, 2.05) is 0 Å². The van der Waals surface area contributed by atoms with Crippen LogP contribution >= 0.6 is 9.24 Å². The molecular formula is C29H45O2P. The summed E-state index contributed by atoms with van der Waals surface area (Å²) in [6.45, 7) is 8.81. The number of unbranched alkanes of at least 4 members (excludes halogenated alkanes) is 4. The molecule has 32 heavy (non-hydrogen) atoms. The van der Waals surface area contributed by atoms with Crippen LogP contribution in [0.1, 0.15) is 118 Å². The highest BCUT2D eigenvalue weighted by Crippen LogP contribution is 2.44. The maximum atomic E-state index is 11.2. The molecule has 0 saturated carbocycles. The van der Waals surface area contributed by atoms with Crippen LogP contribution < -0.4 is 0 Å². The summed E-state index contributed by atoms with van der Waals surface area (Å²) in [7, 11) is 2.92. The van der Waals surface area contributed by atoms with Gasteiger partial charge in [-0.25, -0.2) is 0 Å². The lowest BCUT2D eigenvalue weighted by Gasteiger charge is -2.22. The van der Waals surface area contributed by atoms with Gasteiger partial charge in [0.25, 0.3) is 0 Å². The van der Waals surface area contributed by atoms with Crippen LogP contribution in [-0.4, -0.2) is 10.2 Å². The first-order valence-electron chi connectivity index (χ1n) is 12.9. The minimum absolute atomic E-state index is 0.126. The first-order valence-corrected chi connectivity index (χ1v) is 13.6. The highest BCUT2D eigenvalue weighted by molar-refractivity contribution is 7.17. The molecule has 2 nitrogen and oxygen atoms in total. The summed E-state index contributed by atoms with van der Waals surface area (Å²) >= 11 is 0. The van der Waals surface area contributed by atoms with Gasteiger partial charge >= 0.3 is 0 Å². The molecule has 0 amide bonds. The summed E-state index contributed by atoms with van der Waals surface area (Å²) in [6.07, 6.45) is 12.9. The van der Waals surface area contributed by atoms with Gasteiger partial charge in [0, 0.05) is 16.8 Å². The number of phenols is 2. The number of benzene rings is 2. The third-order valence-electron chi connectivity index (χ3n) is 6.46. The quantitative estimate of drug-likeness (QED) is 0.280. The number of aryl methyl sites for hydroxylation is 4. The SMILES string of the molecule is CCCCc1cc(CCCC)c(O)c(C(P)c2cc(CCCC)cc(CCCC)c2O)c1. The smallest absolute Gasteiger partial charge is 0.122 e. The van der Waals surface area contributed by atoms with E-state index in [9.17, 15) is 10.2 Å². The highest BCUT2D eigenvalue weighted by Gasteiger charge is 2.22. The van der Waals surface area contributed by atoms with Crippen LogP contribution in [-0.2, 0) is 25.7 Å². The van der Waals surface area contributed by atoms with Crippen molar-refractivity contribution in [2.24, 2.45) is 0 Å². The van der Waals surface area contributed by atoms with Gasteiger partial charge in [-0.3, -0.25) is 0 Å². The molecule has 2 aromatic rings. The van der Waals surface area contributed by atoms with E-state index in [0.29, 0.717) is 11.5 Å². The fourth-order valence-electron chi connectivity index (χ4n) is 4.38. The van der Waals surface area contributed by atoms with E-state index in [4.69, 9.17) is 0 Å². The Morgan fingerprint density at radius 2 is 0.938 bits per heavy atom. The molecule has 2 rings (SSSR count). The van der Waals surface area contributed by atoms with Gasteiger partial charge in [-0.1, -0.05) is 77.6 Å². The molecule has 0 aliphatic heterocycles. The van der Waals surface area contributed by atoms with Crippen molar-refractivity contribution in [2.45, 2.75) is 110 Å². The lowest BCUT2D eigenvalue weighted by atomic mass is 9.90. The molecule has 1 atom stereocenters. The molecule has 0 aliphatic rings. The van der Waals surface area contributed by atoms with Crippen molar-refractivity contribution >= 4 is 9.24 Å². The second-order valence-electron chi connectivity index (χ2n) is 9.28. The Kier molecular flexibility index (Phi) is 11.6. The summed E-state index contributed by atoms with van der Waals surface area (Å²) < 4.78 is 0. The van der Waals surface area contributed by atoms with E-state index in [1.54, 1.807) is 0 Å². The summed E-state index contributed by atoms with van der Waals surface area (Å²) in [6, 6.07) is 8.74. The summed E-state index contributed by atoms with van der Waals surface area (Å²) in [5.41, 5.74) is 6.43. The number of hydrogen-bond donors (Lipinski definition) is 2. The molecule has 0 aromatic heterocycles. The Bertz CT molecular complexity index is 774. The van der Waals surface area contributed by atoms with E-state index in [0.717, 1.165) is 99.3 Å². The van der Waals surface area contributed by atoms with Gasteiger partial charge in [-0.2, -0.15) is 0 Å². The van der Waals surface area contributed by atoms with Crippen LogP contribution in [0.4, 0.5) is 0 Å². The van der Waals surface area contributed by atoms with E-state index in [-0.39, 0.29) is 5.66 Å². The maximum Gasteiger partial charge on any atom is 0.122 e. The second kappa shape index (κ2) is 13.9. The summed E-state index contributed by atoms with van der Waals surface area (Å²) in [5, 5.41) is 22.4. The van der Waals surface area contributed by atoms with Crippen molar-refractivity contribution in [3.63, 3.8) is 0 Å². The first kappa shape index (κ1) is 26.7. The van der Waals surface area contributed by atoms with Gasteiger partial charge < -0.3 is 10.2 Å². The Balaban J connectivity index is 2.54. The van der Waals surface area contributed by atoms with E-state index in [2.05, 4.69) is 61.2 Å². The van der Waals surface area contributed by atoms with Crippen molar-refractivity contribution in [3.8, 4) is 11.5 Å². The molecule has 0 heterocycles. The van der Waals surface area contributed by atoms with Gasteiger partial charge in [0.2, 0.25) is 0 Å². The Labute approximate surface area is 199 Å². The molecule has 2 aromatic carbocycles. The monoisotopic (exact) mass is 456 g/mol. The standard InChI is InChI=1S/C29H45O2P/c1-5-9-13-21-17-23(15-11-7-3)27(30)25(19-21)29(32)26-20-22(14-10-6-2)18-24(28(26)31)16-12-8-4/h17-20,29-31H,5-16,32H2,1-4H3. The molecular weight excluding hydrogens is 411 g/mol. The van der Waals surface area contributed by atoms with Crippen molar-refractivity contribution in [2.75, 3.05) is 0 Å². The summed E-state index contributed by atoms with van der Waals surface area (Å²) in [4.78, 5) is 0. The average molecular weight is 457 g/mol. The zero-order chi connectivity index (χ0) is 23.5. The van der Waals surface area contributed by atoms with E-state index >= 15 is 0 Å². The molecule has 0 saturated heterocycles. The molecule has 0 radical (unpaired) electrons. The maximum absolute atomic E-state index is 11.2. The van der Waals surface area contributed by atoms with Crippen LogP contribution in [0.5, 0.6) is 11.5 Å². The van der Waals surface area contributed by atoms with Gasteiger partial charge in [-0.15, -0.1) is 9.24 Å². The molecule has 3 heteroatoms. The molecule has 0 bridgehead atoms. The zero-order valence-corrected chi connectivity index (χ0v) is 22.0. The number of hydrogen-bond acceptors (Lipinski definition) is 2. The normalized spacial score (nSPS) is 11.4. The predicted octanol–water partition coefficient (Wildman–Crippen LogP) is 8.43. The second-order valence-corrected chi connectivity index (χ2v) is 9.94. The van der Waals surface area contributed by atoms with Crippen LogP contribution in [0.15, 0.2) is 24.3 Å². The average Bonchev–Trinajstić information content (AvgIpc) is 2.80. The number of phenolic OH excluding ortho intramolecular Hbond substituents is 2. The van der Waals surface area contributed by atoms with Crippen LogP contribution in [0.25, 0.3) is 0 Å². The minimum Gasteiger partial charge on any atom is -0.507 e. The van der Waals surface area contributed by atoms with Crippen LogP contribution in [0, 0.1) is 0 Å². The largest absolute Gasteiger partial charge is 0.507 e. The van der Waals surface area contributed by atoms with Gasteiger partial charge in [-0.05, 0) is 73.6 Å². The molecule has 1 unspecified atom stereocenters. The number of aromatic hydroxyl groups is 2. The van der Waals surface area contributed by atoms with Crippen molar-refractivity contribution in [1.82, 2.24) is 0 Å². The van der Waals surface area contributed by atoms with Gasteiger partial charge in [0.15, 0.2) is 0 Å². The lowest BCUT2D eigenvalue weighted by molar-refractivity contribution is 0.453. The molecule has 0 spiro atoms. The molecule has 0 fully saturated rings. The topological polar surface area (TPSA) is 40.5 Å². The van der Waals surface area contributed by atoms with E-state index in [1.165, 1.54) is 11.1 Å². The van der Waals surface area contributed by atoms with E-state index < -0.39 is 0 Å². The lowest BCUT2D eigenvalue weighted by Crippen LogP contribution is -2.03. The fourth-order valence-corrected chi connectivity index (χ4v) is 4.89. The van der Waals surface area contributed by atoms with Gasteiger partial charge in [0.1, 0.15) is 11.5 Å². The zero-order valence-electron chi connectivity index (χ0n) is 20.8. The van der Waals surface area contributed by atoms with Crippen LogP contribution in [0.3, 0.4) is 0 Å². The Hall–Kier alpha value is -1.53. The minimum atomic E-state index is -0.126. The molecule has 178 valence electrons. The Morgan fingerprint density at radius 1 is 0.594 bits per heavy atom. The predicted molar refractivity (Wildman–Crippen MR) is 142 cm³/mol. The fraction of sp³-hybridized carbons (Fsp3) is 0.586. The van der Waals surface area contributed by atoms with Crippen LogP contribution in [0.2, 0.25) is 0 Å². The highest BCUT2D eigenvalue weighted by atomic mass is 31.0. The molecule has 0 aliphatic carbocycles. The number of rotatable bonds is 14. The van der Waals surface area contributed by atoms with Crippen molar-refractivity contribution in [1.29, 1.82) is 0 Å². The Morgan fingerprint density at radius 3 is 1.28 bits per heavy atom. The van der Waals surface area contributed by atoms with Gasteiger partial charge in [0.05, 0.1) is 0 Å². The van der Waals surface area contributed by atoms with Crippen molar-refractivity contribution in [3.05, 3.63) is 57.6 Å². The third kappa shape index (κ3) is 7.24.